The van der Waals surface area contributed by atoms with Crippen molar-refractivity contribution in [1.82, 2.24) is 9.55 Å². The summed E-state index contributed by atoms with van der Waals surface area (Å²) < 4.78 is 3.19. The second kappa shape index (κ2) is 6.59. The minimum Gasteiger partial charge on any atom is -0.381 e. The van der Waals surface area contributed by atoms with Crippen LogP contribution in [0.2, 0.25) is 0 Å². The lowest BCUT2D eigenvalue weighted by molar-refractivity contribution is 0.797. The van der Waals surface area contributed by atoms with E-state index in [1.807, 2.05) is 18.6 Å². The van der Waals surface area contributed by atoms with E-state index in [2.05, 4.69) is 73.3 Å². The van der Waals surface area contributed by atoms with Crippen molar-refractivity contribution in [3.05, 3.63) is 82.9 Å². The maximum atomic E-state index is 4.07. The highest BCUT2D eigenvalue weighted by Crippen LogP contribution is 2.18. The summed E-state index contributed by atoms with van der Waals surface area (Å²) in [6, 6.07) is 16.7. The largest absolute Gasteiger partial charge is 0.381 e. The van der Waals surface area contributed by atoms with Crippen LogP contribution in [0.5, 0.6) is 0 Å². The standard InChI is InChI=1S/C17H16BrN3/c18-17-7-2-1-5-15(17)11-20-16-6-3-4-14(10-16)12-21-9-8-19-13-21/h1-10,13,20H,11-12H2. The maximum absolute atomic E-state index is 4.07. The molecule has 1 aromatic heterocycles. The van der Waals surface area contributed by atoms with Gasteiger partial charge in [-0.1, -0.05) is 46.3 Å². The molecule has 106 valence electrons. The minimum absolute atomic E-state index is 0.802. The number of anilines is 1. The Kier molecular flexibility index (Phi) is 4.36. The van der Waals surface area contributed by atoms with E-state index in [4.69, 9.17) is 0 Å². The summed E-state index contributed by atoms with van der Waals surface area (Å²) in [4.78, 5) is 4.07. The van der Waals surface area contributed by atoms with Gasteiger partial charge in [0.1, 0.15) is 0 Å². The van der Waals surface area contributed by atoms with Crippen molar-refractivity contribution in [1.29, 1.82) is 0 Å². The van der Waals surface area contributed by atoms with Crippen molar-refractivity contribution in [2.45, 2.75) is 13.1 Å². The Bertz CT molecular complexity index is 708. The molecule has 21 heavy (non-hydrogen) atoms. The summed E-state index contributed by atoms with van der Waals surface area (Å²) in [7, 11) is 0. The van der Waals surface area contributed by atoms with Gasteiger partial charge in [0.15, 0.2) is 0 Å². The molecule has 1 heterocycles. The number of nitrogens with one attached hydrogen (secondary N) is 1. The zero-order valence-electron chi connectivity index (χ0n) is 11.5. The number of rotatable bonds is 5. The number of hydrogen-bond donors (Lipinski definition) is 1. The van der Waals surface area contributed by atoms with Crippen LogP contribution in [0, 0.1) is 0 Å². The minimum atomic E-state index is 0.802. The molecule has 3 aromatic rings. The number of imidazole rings is 1. The van der Waals surface area contributed by atoms with Gasteiger partial charge in [0.2, 0.25) is 0 Å². The lowest BCUT2D eigenvalue weighted by atomic mass is 10.2. The fraction of sp³-hybridized carbons (Fsp3) is 0.118. The van der Waals surface area contributed by atoms with E-state index >= 15 is 0 Å². The van der Waals surface area contributed by atoms with E-state index in [1.165, 1.54) is 11.1 Å². The number of benzene rings is 2. The van der Waals surface area contributed by atoms with Gasteiger partial charge in [0, 0.05) is 35.6 Å². The van der Waals surface area contributed by atoms with Crippen LogP contribution in [-0.2, 0) is 13.1 Å². The quantitative estimate of drug-likeness (QED) is 0.749. The van der Waals surface area contributed by atoms with E-state index in [-0.39, 0.29) is 0 Å². The Morgan fingerprint density at radius 1 is 1.10 bits per heavy atom. The van der Waals surface area contributed by atoms with Crippen LogP contribution in [0.4, 0.5) is 5.69 Å². The lowest BCUT2D eigenvalue weighted by Gasteiger charge is -2.10. The van der Waals surface area contributed by atoms with Crippen molar-refractivity contribution >= 4 is 21.6 Å². The van der Waals surface area contributed by atoms with E-state index in [0.717, 1.165) is 23.2 Å². The molecule has 4 heteroatoms. The molecule has 0 spiro atoms. The van der Waals surface area contributed by atoms with Gasteiger partial charge in [0.25, 0.3) is 0 Å². The monoisotopic (exact) mass is 341 g/mol. The molecule has 0 saturated heterocycles. The Hall–Kier alpha value is -2.07. The number of aromatic nitrogens is 2. The molecule has 0 bridgehead atoms. The Morgan fingerprint density at radius 3 is 2.81 bits per heavy atom. The van der Waals surface area contributed by atoms with Gasteiger partial charge in [-0.05, 0) is 29.3 Å². The molecule has 0 amide bonds. The zero-order chi connectivity index (χ0) is 14.5. The third-order valence-corrected chi connectivity index (χ3v) is 4.07. The average Bonchev–Trinajstić information content (AvgIpc) is 3.00. The van der Waals surface area contributed by atoms with Crippen molar-refractivity contribution in [2.75, 3.05) is 5.32 Å². The van der Waals surface area contributed by atoms with Crippen LogP contribution < -0.4 is 5.32 Å². The molecule has 2 aromatic carbocycles. The number of halogens is 1. The molecule has 0 unspecified atom stereocenters. The van der Waals surface area contributed by atoms with Gasteiger partial charge in [-0.25, -0.2) is 4.98 Å². The summed E-state index contributed by atoms with van der Waals surface area (Å²) in [5.74, 6) is 0. The predicted octanol–water partition coefficient (Wildman–Crippen LogP) is 4.31. The summed E-state index contributed by atoms with van der Waals surface area (Å²) in [6.07, 6.45) is 5.61. The molecular weight excluding hydrogens is 326 g/mol. The number of nitrogens with zero attached hydrogens (tertiary/aromatic N) is 2. The highest BCUT2D eigenvalue weighted by Gasteiger charge is 2.00. The fourth-order valence-corrected chi connectivity index (χ4v) is 2.63. The van der Waals surface area contributed by atoms with Crippen molar-refractivity contribution in [3.63, 3.8) is 0 Å². The first-order valence-corrected chi connectivity index (χ1v) is 7.62. The summed E-state index contributed by atoms with van der Waals surface area (Å²) in [5.41, 5.74) is 3.63. The van der Waals surface area contributed by atoms with Gasteiger partial charge < -0.3 is 9.88 Å². The summed E-state index contributed by atoms with van der Waals surface area (Å²) in [6.45, 7) is 1.64. The zero-order valence-corrected chi connectivity index (χ0v) is 13.1. The molecule has 0 aliphatic heterocycles. The van der Waals surface area contributed by atoms with Crippen LogP contribution in [-0.4, -0.2) is 9.55 Å². The van der Waals surface area contributed by atoms with Crippen LogP contribution >= 0.6 is 15.9 Å². The van der Waals surface area contributed by atoms with Gasteiger partial charge in [-0.2, -0.15) is 0 Å². The van der Waals surface area contributed by atoms with Crippen LogP contribution in [0.25, 0.3) is 0 Å². The number of hydrogen-bond acceptors (Lipinski definition) is 2. The fourth-order valence-electron chi connectivity index (χ4n) is 2.21. The van der Waals surface area contributed by atoms with Crippen molar-refractivity contribution in [2.24, 2.45) is 0 Å². The normalized spacial score (nSPS) is 10.5. The van der Waals surface area contributed by atoms with Crippen LogP contribution in [0.3, 0.4) is 0 Å². The highest BCUT2D eigenvalue weighted by atomic mass is 79.9. The molecule has 3 rings (SSSR count). The van der Waals surface area contributed by atoms with Gasteiger partial charge in [-0.15, -0.1) is 0 Å². The molecule has 1 N–H and O–H groups in total. The smallest absolute Gasteiger partial charge is 0.0949 e. The first-order valence-electron chi connectivity index (χ1n) is 6.83. The second-order valence-electron chi connectivity index (χ2n) is 4.88. The Labute approximate surface area is 132 Å². The van der Waals surface area contributed by atoms with E-state index in [0.29, 0.717) is 0 Å². The second-order valence-corrected chi connectivity index (χ2v) is 5.73. The third-order valence-electron chi connectivity index (χ3n) is 3.29. The predicted molar refractivity (Wildman–Crippen MR) is 89.2 cm³/mol. The topological polar surface area (TPSA) is 29.9 Å². The third kappa shape index (κ3) is 3.73. The molecule has 0 saturated carbocycles. The van der Waals surface area contributed by atoms with E-state index in [1.54, 1.807) is 6.20 Å². The van der Waals surface area contributed by atoms with Gasteiger partial charge in [0.05, 0.1) is 6.33 Å². The maximum Gasteiger partial charge on any atom is 0.0949 e. The highest BCUT2D eigenvalue weighted by molar-refractivity contribution is 9.10. The van der Waals surface area contributed by atoms with Crippen LogP contribution in [0.15, 0.2) is 71.7 Å². The van der Waals surface area contributed by atoms with Gasteiger partial charge >= 0.3 is 0 Å². The molecule has 3 nitrogen and oxygen atoms in total. The SMILES string of the molecule is Brc1ccccc1CNc1cccc(Cn2ccnc2)c1. The molecule has 0 aliphatic carbocycles. The van der Waals surface area contributed by atoms with E-state index in [9.17, 15) is 0 Å². The van der Waals surface area contributed by atoms with Crippen molar-refractivity contribution in [3.8, 4) is 0 Å². The average molecular weight is 342 g/mol. The Balaban J connectivity index is 1.67. The molecular formula is C17H16BrN3. The van der Waals surface area contributed by atoms with E-state index < -0.39 is 0 Å². The Morgan fingerprint density at radius 2 is 2.00 bits per heavy atom. The van der Waals surface area contributed by atoms with Gasteiger partial charge in [-0.3, -0.25) is 0 Å². The first-order chi connectivity index (χ1) is 10.3. The summed E-state index contributed by atoms with van der Waals surface area (Å²) in [5, 5.41) is 3.47. The molecule has 0 atom stereocenters. The molecule has 0 aliphatic rings. The lowest BCUT2D eigenvalue weighted by Crippen LogP contribution is -2.02. The first kappa shape index (κ1) is 13.9. The van der Waals surface area contributed by atoms with Crippen molar-refractivity contribution < 1.29 is 0 Å². The van der Waals surface area contributed by atoms with Crippen LogP contribution in [0.1, 0.15) is 11.1 Å². The summed E-state index contributed by atoms with van der Waals surface area (Å²) >= 11 is 3.57. The molecule has 0 fully saturated rings. The molecule has 0 radical (unpaired) electrons.